The van der Waals surface area contributed by atoms with Gasteiger partial charge in [-0.15, -0.1) is 0 Å². The van der Waals surface area contributed by atoms with E-state index in [-0.39, 0.29) is 0 Å². The van der Waals surface area contributed by atoms with Crippen molar-refractivity contribution >= 4 is 11.6 Å². The van der Waals surface area contributed by atoms with Crippen molar-refractivity contribution in [2.45, 2.75) is 57.3 Å². The Morgan fingerprint density at radius 1 is 1.21 bits per heavy atom. The minimum atomic E-state index is 0.722. The number of nitrogens with zero attached hydrogens (tertiary/aromatic N) is 1. The second-order valence-electron chi connectivity index (χ2n) is 5.92. The first kappa shape index (κ1) is 13.4. The molecule has 1 N–H and O–H groups in total. The molecule has 2 saturated heterocycles. The van der Waals surface area contributed by atoms with Crippen molar-refractivity contribution in [2.75, 3.05) is 6.54 Å². The molecule has 2 bridgehead atoms. The molecule has 19 heavy (non-hydrogen) atoms. The molecule has 1 aromatic carbocycles. The van der Waals surface area contributed by atoms with E-state index in [9.17, 15) is 0 Å². The van der Waals surface area contributed by atoms with Gasteiger partial charge in [-0.05, 0) is 43.9 Å². The molecule has 2 unspecified atom stereocenters. The minimum Gasteiger partial charge on any atom is -0.311 e. The number of rotatable bonds is 4. The second-order valence-corrected chi connectivity index (χ2v) is 6.32. The van der Waals surface area contributed by atoms with Gasteiger partial charge < -0.3 is 5.32 Å². The Morgan fingerprint density at radius 2 is 1.89 bits per heavy atom. The van der Waals surface area contributed by atoms with Crippen LogP contribution in [0.25, 0.3) is 0 Å². The Labute approximate surface area is 121 Å². The fraction of sp³-hybridized carbons (Fsp3) is 0.625. The maximum Gasteiger partial charge on any atom is 0.0451 e. The van der Waals surface area contributed by atoms with E-state index in [4.69, 9.17) is 11.6 Å². The van der Waals surface area contributed by atoms with Crippen LogP contribution in [0, 0.1) is 0 Å². The van der Waals surface area contributed by atoms with E-state index < -0.39 is 0 Å². The van der Waals surface area contributed by atoms with Gasteiger partial charge in [0.05, 0.1) is 0 Å². The van der Waals surface area contributed by atoms with E-state index in [1.165, 1.54) is 31.2 Å². The van der Waals surface area contributed by atoms with Crippen LogP contribution >= 0.6 is 11.6 Å². The monoisotopic (exact) mass is 278 g/mol. The lowest BCUT2D eigenvalue weighted by atomic mass is 9.97. The maximum absolute atomic E-state index is 6.29. The zero-order valence-corrected chi connectivity index (χ0v) is 12.4. The van der Waals surface area contributed by atoms with Gasteiger partial charge in [0.25, 0.3) is 0 Å². The third kappa shape index (κ3) is 2.96. The number of piperidine rings is 1. The molecule has 3 heteroatoms. The smallest absolute Gasteiger partial charge is 0.0451 e. The van der Waals surface area contributed by atoms with Crippen LogP contribution in [-0.2, 0) is 6.54 Å². The lowest BCUT2D eigenvalue weighted by molar-refractivity contribution is 0.141. The van der Waals surface area contributed by atoms with Crippen LogP contribution < -0.4 is 5.32 Å². The summed E-state index contributed by atoms with van der Waals surface area (Å²) in [7, 11) is 0. The molecule has 0 saturated carbocycles. The molecule has 2 aliphatic heterocycles. The van der Waals surface area contributed by atoms with Gasteiger partial charge in [0, 0.05) is 29.7 Å². The van der Waals surface area contributed by atoms with E-state index in [0.717, 1.165) is 36.2 Å². The highest BCUT2D eigenvalue weighted by Gasteiger charge is 2.35. The predicted octanol–water partition coefficient (Wildman–Crippen LogP) is 3.44. The Kier molecular flexibility index (Phi) is 4.11. The van der Waals surface area contributed by atoms with Gasteiger partial charge in [0.15, 0.2) is 0 Å². The zero-order valence-electron chi connectivity index (χ0n) is 11.6. The third-order valence-corrected chi connectivity index (χ3v) is 5.07. The quantitative estimate of drug-likeness (QED) is 0.908. The number of hydrogen-bond donors (Lipinski definition) is 1. The van der Waals surface area contributed by atoms with Crippen LogP contribution in [-0.4, -0.2) is 29.6 Å². The summed E-state index contributed by atoms with van der Waals surface area (Å²) >= 11 is 6.29. The van der Waals surface area contributed by atoms with E-state index in [2.05, 4.69) is 29.3 Å². The lowest BCUT2D eigenvalue weighted by Gasteiger charge is -2.37. The van der Waals surface area contributed by atoms with Crippen molar-refractivity contribution in [2.24, 2.45) is 0 Å². The highest BCUT2D eigenvalue weighted by molar-refractivity contribution is 6.31. The molecule has 104 valence electrons. The molecule has 2 atom stereocenters. The molecule has 2 heterocycles. The summed E-state index contributed by atoms with van der Waals surface area (Å²) < 4.78 is 0. The molecule has 2 aliphatic rings. The number of halogens is 1. The molecule has 0 aliphatic carbocycles. The second kappa shape index (κ2) is 5.82. The number of benzene rings is 1. The summed E-state index contributed by atoms with van der Waals surface area (Å²) in [5.41, 5.74) is 1.26. The van der Waals surface area contributed by atoms with Crippen molar-refractivity contribution in [1.29, 1.82) is 0 Å². The Balaban J connectivity index is 1.69. The van der Waals surface area contributed by atoms with Crippen LogP contribution in [0.4, 0.5) is 0 Å². The highest BCUT2D eigenvalue weighted by atomic mass is 35.5. The largest absolute Gasteiger partial charge is 0.311 e. The molecule has 0 radical (unpaired) electrons. The molecular weight excluding hydrogens is 256 g/mol. The predicted molar refractivity (Wildman–Crippen MR) is 80.5 cm³/mol. The first-order valence-corrected chi connectivity index (χ1v) is 7.87. The van der Waals surface area contributed by atoms with Crippen LogP contribution in [0.15, 0.2) is 24.3 Å². The van der Waals surface area contributed by atoms with Gasteiger partial charge in [0.1, 0.15) is 0 Å². The fourth-order valence-electron chi connectivity index (χ4n) is 3.67. The summed E-state index contributed by atoms with van der Waals surface area (Å²) in [5.74, 6) is 0. The minimum absolute atomic E-state index is 0.722. The standard InChI is InChI=1S/C16H23ClN2/c1-2-19(11-12-5-3-4-6-16(12)17)15-9-13-7-8-14(10-15)18-13/h3-6,13-15,18H,2,7-11H2,1H3. The molecule has 0 amide bonds. The van der Waals surface area contributed by atoms with Gasteiger partial charge >= 0.3 is 0 Å². The van der Waals surface area contributed by atoms with E-state index >= 15 is 0 Å². The fourth-order valence-corrected chi connectivity index (χ4v) is 3.87. The summed E-state index contributed by atoms with van der Waals surface area (Å²) in [4.78, 5) is 2.60. The molecule has 0 aromatic heterocycles. The SMILES string of the molecule is CCN(Cc1ccccc1Cl)C1CC2CCC(C1)N2. The number of hydrogen-bond acceptors (Lipinski definition) is 2. The average Bonchev–Trinajstić information content (AvgIpc) is 2.76. The van der Waals surface area contributed by atoms with Gasteiger partial charge in [-0.25, -0.2) is 0 Å². The van der Waals surface area contributed by atoms with Crippen molar-refractivity contribution in [3.05, 3.63) is 34.9 Å². The Hall–Kier alpha value is -0.570. The normalized spacial score (nSPS) is 29.9. The van der Waals surface area contributed by atoms with Crippen molar-refractivity contribution < 1.29 is 0 Å². The molecule has 0 spiro atoms. The van der Waals surface area contributed by atoms with Crippen molar-refractivity contribution in [1.82, 2.24) is 10.2 Å². The Bertz CT molecular complexity index is 423. The van der Waals surface area contributed by atoms with Gasteiger partial charge in [0.2, 0.25) is 0 Å². The van der Waals surface area contributed by atoms with Gasteiger partial charge in [-0.1, -0.05) is 36.7 Å². The van der Waals surface area contributed by atoms with Gasteiger partial charge in [-0.2, -0.15) is 0 Å². The van der Waals surface area contributed by atoms with E-state index in [1.54, 1.807) is 0 Å². The molecule has 2 nitrogen and oxygen atoms in total. The maximum atomic E-state index is 6.29. The highest BCUT2D eigenvalue weighted by Crippen LogP contribution is 2.31. The first-order valence-electron chi connectivity index (χ1n) is 7.49. The lowest BCUT2D eigenvalue weighted by Crippen LogP contribution is -2.47. The third-order valence-electron chi connectivity index (χ3n) is 4.70. The van der Waals surface area contributed by atoms with Crippen LogP contribution in [0.1, 0.15) is 38.2 Å². The summed E-state index contributed by atoms with van der Waals surface area (Å²) in [6.45, 7) is 4.36. The Morgan fingerprint density at radius 3 is 2.53 bits per heavy atom. The number of fused-ring (bicyclic) bond motifs is 2. The number of nitrogens with one attached hydrogen (secondary N) is 1. The average molecular weight is 279 g/mol. The van der Waals surface area contributed by atoms with Crippen molar-refractivity contribution in [3.63, 3.8) is 0 Å². The summed E-state index contributed by atoms with van der Waals surface area (Å²) in [5, 5.41) is 4.62. The molecule has 2 fully saturated rings. The first-order chi connectivity index (χ1) is 9.26. The van der Waals surface area contributed by atoms with E-state index in [1.807, 2.05) is 12.1 Å². The summed E-state index contributed by atoms with van der Waals surface area (Å²) in [6.07, 6.45) is 5.33. The van der Waals surface area contributed by atoms with Gasteiger partial charge in [-0.3, -0.25) is 4.90 Å². The topological polar surface area (TPSA) is 15.3 Å². The molecular formula is C16H23ClN2. The van der Waals surface area contributed by atoms with Crippen molar-refractivity contribution in [3.8, 4) is 0 Å². The van der Waals surface area contributed by atoms with Crippen LogP contribution in [0.3, 0.4) is 0 Å². The zero-order chi connectivity index (χ0) is 13.2. The van der Waals surface area contributed by atoms with E-state index in [0.29, 0.717) is 0 Å². The summed E-state index contributed by atoms with van der Waals surface area (Å²) in [6, 6.07) is 10.5. The van der Waals surface area contributed by atoms with Crippen LogP contribution in [0.5, 0.6) is 0 Å². The molecule has 3 rings (SSSR count). The molecule has 1 aromatic rings. The van der Waals surface area contributed by atoms with Crippen LogP contribution in [0.2, 0.25) is 5.02 Å².